The Morgan fingerprint density at radius 1 is 1.17 bits per heavy atom. The number of carbonyl (C=O) groups excluding carboxylic acids is 1. The van der Waals surface area contributed by atoms with Crippen molar-refractivity contribution in [1.82, 2.24) is 4.57 Å². The molecule has 3 aromatic rings. The molecule has 0 atom stereocenters. The van der Waals surface area contributed by atoms with E-state index in [0.29, 0.717) is 5.56 Å². The van der Waals surface area contributed by atoms with E-state index in [1.807, 2.05) is 83.2 Å². The number of methoxy groups -OCH3 is 1. The summed E-state index contributed by atoms with van der Waals surface area (Å²) in [7, 11) is 3.58. The lowest BCUT2D eigenvalue weighted by Crippen LogP contribution is -2.30. The molecule has 5 heteroatoms. The topological polar surface area (TPSA) is 47.1 Å². The minimum Gasteiger partial charge on any atom is -0.497 e. The number of aromatic nitrogens is 2. The third-order valence-corrected chi connectivity index (χ3v) is 3.81. The molecule has 2 aromatic carbocycles. The van der Waals surface area contributed by atoms with Crippen molar-refractivity contribution in [1.29, 1.82) is 0 Å². The Kier molecular flexibility index (Phi) is 4.61. The molecule has 3 rings (SSSR count). The Hall–Kier alpha value is -3.08. The highest BCUT2D eigenvalue weighted by Gasteiger charge is 2.18. The summed E-state index contributed by atoms with van der Waals surface area (Å²) in [6.45, 7) is 0.275. The Labute approximate surface area is 141 Å². The van der Waals surface area contributed by atoms with E-state index < -0.39 is 0 Å². The molecule has 0 saturated heterocycles. The Balaban J connectivity index is 1.82. The van der Waals surface area contributed by atoms with Crippen LogP contribution in [0.15, 0.2) is 67.0 Å². The lowest BCUT2D eigenvalue weighted by atomic mass is 10.1. The van der Waals surface area contributed by atoms with Gasteiger partial charge in [0.25, 0.3) is 0 Å². The van der Waals surface area contributed by atoms with Crippen LogP contribution in [0.3, 0.4) is 0 Å². The lowest BCUT2D eigenvalue weighted by molar-refractivity contribution is -0.656. The second-order valence-corrected chi connectivity index (χ2v) is 5.51. The molecule has 0 radical (unpaired) electrons. The number of nitrogens with one attached hydrogen (secondary N) is 1. The first-order valence-corrected chi connectivity index (χ1v) is 7.71. The van der Waals surface area contributed by atoms with Crippen LogP contribution in [0.5, 0.6) is 5.75 Å². The summed E-state index contributed by atoms with van der Waals surface area (Å²) in [5.74, 6) is 1.68. The highest BCUT2D eigenvalue weighted by atomic mass is 16.5. The maximum absolute atomic E-state index is 12.5. The summed E-state index contributed by atoms with van der Waals surface area (Å²) in [5, 5.41) is 3.35. The maximum atomic E-state index is 12.5. The summed E-state index contributed by atoms with van der Waals surface area (Å²) in [6.07, 6.45) is 3.81. The molecule has 0 saturated carbocycles. The predicted molar refractivity (Wildman–Crippen MR) is 92.7 cm³/mol. The molecule has 0 amide bonds. The minimum atomic E-state index is 0.0699. The van der Waals surface area contributed by atoms with Gasteiger partial charge >= 0.3 is 5.95 Å². The molecule has 0 bridgehead atoms. The average Bonchev–Trinajstić information content (AvgIpc) is 2.96. The van der Waals surface area contributed by atoms with Crippen molar-refractivity contribution < 1.29 is 14.1 Å². The second kappa shape index (κ2) is 7.00. The van der Waals surface area contributed by atoms with Crippen LogP contribution in [-0.2, 0) is 13.6 Å². The van der Waals surface area contributed by atoms with E-state index in [0.717, 1.165) is 17.4 Å². The average molecular weight is 322 g/mol. The van der Waals surface area contributed by atoms with Crippen LogP contribution in [0, 0.1) is 0 Å². The van der Waals surface area contributed by atoms with Gasteiger partial charge in [0, 0.05) is 11.6 Å². The van der Waals surface area contributed by atoms with Crippen LogP contribution in [0.1, 0.15) is 10.4 Å². The first-order chi connectivity index (χ1) is 11.7. The van der Waals surface area contributed by atoms with E-state index in [-0.39, 0.29) is 12.3 Å². The van der Waals surface area contributed by atoms with Gasteiger partial charge in [0.15, 0.2) is 5.78 Å². The van der Waals surface area contributed by atoms with Crippen molar-refractivity contribution in [2.75, 3.05) is 12.4 Å². The van der Waals surface area contributed by atoms with Crippen molar-refractivity contribution in [3.63, 3.8) is 0 Å². The molecule has 0 aliphatic rings. The summed E-state index contributed by atoms with van der Waals surface area (Å²) < 4.78 is 9.09. The number of anilines is 2. The fourth-order valence-corrected chi connectivity index (χ4v) is 2.51. The molecule has 1 aromatic heterocycles. The van der Waals surface area contributed by atoms with Crippen molar-refractivity contribution >= 4 is 17.4 Å². The number of ketones is 1. The number of ether oxygens (including phenoxy) is 1. The number of imidazole rings is 1. The van der Waals surface area contributed by atoms with Gasteiger partial charge in [0.2, 0.25) is 0 Å². The largest absolute Gasteiger partial charge is 0.497 e. The van der Waals surface area contributed by atoms with Gasteiger partial charge in [0.1, 0.15) is 18.0 Å². The molecule has 24 heavy (non-hydrogen) atoms. The number of Topliss-reactive ketones (excluding diaryl/α,β-unsaturated/α-hetero) is 1. The van der Waals surface area contributed by atoms with Crippen LogP contribution in [0.2, 0.25) is 0 Å². The highest BCUT2D eigenvalue weighted by molar-refractivity contribution is 5.96. The predicted octanol–water partition coefficient (Wildman–Crippen LogP) is 2.95. The van der Waals surface area contributed by atoms with Crippen molar-refractivity contribution in [2.45, 2.75) is 6.54 Å². The van der Waals surface area contributed by atoms with Gasteiger partial charge in [0.05, 0.1) is 26.6 Å². The maximum Gasteiger partial charge on any atom is 0.362 e. The zero-order chi connectivity index (χ0) is 16.9. The SMILES string of the molecule is COc1cccc(Nc2n(CC(=O)c3ccccc3)cc[n+]2C)c1. The fraction of sp³-hybridized carbons (Fsp3) is 0.158. The summed E-state index contributed by atoms with van der Waals surface area (Å²) >= 11 is 0. The second-order valence-electron chi connectivity index (χ2n) is 5.51. The Morgan fingerprint density at radius 2 is 1.96 bits per heavy atom. The zero-order valence-corrected chi connectivity index (χ0v) is 13.8. The van der Waals surface area contributed by atoms with Crippen LogP contribution in [0.25, 0.3) is 0 Å². The van der Waals surface area contributed by atoms with Gasteiger partial charge in [-0.05, 0) is 12.1 Å². The number of benzene rings is 2. The van der Waals surface area contributed by atoms with Gasteiger partial charge in [-0.1, -0.05) is 36.4 Å². The molecule has 0 aliphatic heterocycles. The molecule has 1 N–H and O–H groups in total. The molecule has 0 fully saturated rings. The van der Waals surface area contributed by atoms with Crippen LogP contribution < -0.4 is 14.6 Å². The quantitative estimate of drug-likeness (QED) is 0.561. The summed E-state index contributed by atoms with van der Waals surface area (Å²) in [5.41, 5.74) is 1.61. The third-order valence-electron chi connectivity index (χ3n) is 3.81. The number of hydrogen-bond acceptors (Lipinski definition) is 3. The number of nitrogens with zero attached hydrogens (tertiary/aromatic N) is 2. The van der Waals surface area contributed by atoms with Crippen LogP contribution in [-0.4, -0.2) is 17.5 Å². The number of hydrogen-bond donors (Lipinski definition) is 1. The monoisotopic (exact) mass is 322 g/mol. The smallest absolute Gasteiger partial charge is 0.362 e. The van der Waals surface area contributed by atoms with Crippen molar-refractivity contribution in [3.8, 4) is 5.75 Å². The van der Waals surface area contributed by atoms with Crippen molar-refractivity contribution in [3.05, 3.63) is 72.6 Å². The van der Waals surface area contributed by atoms with E-state index in [2.05, 4.69) is 5.32 Å². The molecule has 1 heterocycles. The van der Waals surface area contributed by atoms with E-state index in [1.165, 1.54) is 0 Å². The zero-order valence-electron chi connectivity index (χ0n) is 13.8. The van der Waals surface area contributed by atoms with Gasteiger partial charge in [-0.3, -0.25) is 4.79 Å². The summed E-state index contributed by atoms with van der Waals surface area (Å²) in [6, 6.07) is 17.0. The van der Waals surface area contributed by atoms with Crippen LogP contribution >= 0.6 is 0 Å². The number of rotatable bonds is 6. The van der Waals surface area contributed by atoms with Crippen molar-refractivity contribution in [2.24, 2.45) is 7.05 Å². The van der Waals surface area contributed by atoms with Gasteiger partial charge < -0.3 is 4.74 Å². The minimum absolute atomic E-state index is 0.0699. The molecule has 0 unspecified atom stereocenters. The highest BCUT2D eigenvalue weighted by Crippen LogP contribution is 2.20. The first kappa shape index (κ1) is 15.8. The molecule has 5 nitrogen and oxygen atoms in total. The Bertz CT molecular complexity index is 841. The third kappa shape index (κ3) is 3.46. The lowest BCUT2D eigenvalue weighted by Gasteiger charge is -2.06. The number of carbonyl (C=O) groups is 1. The molecule has 0 aliphatic carbocycles. The molecule has 0 spiro atoms. The normalized spacial score (nSPS) is 10.4. The Morgan fingerprint density at radius 3 is 2.71 bits per heavy atom. The van der Waals surface area contributed by atoms with Crippen LogP contribution in [0.4, 0.5) is 11.6 Å². The van der Waals surface area contributed by atoms with Gasteiger partial charge in [-0.2, -0.15) is 0 Å². The van der Waals surface area contributed by atoms with E-state index in [4.69, 9.17) is 4.74 Å². The molecular formula is C19H20N3O2+. The van der Waals surface area contributed by atoms with E-state index >= 15 is 0 Å². The standard InChI is InChI=1S/C19H19N3O2/c1-21-11-12-22(14-18(23)15-7-4-3-5-8-15)19(21)20-16-9-6-10-17(13-16)24-2/h3-13H,14H2,1-2H3/p+1. The molecule has 122 valence electrons. The van der Waals surface area contributed by atoms with E-state index in [1.54, 1.807) is 7.11 Å². The summed E-state index contributed by atoms with van der Waals surface area (Å²) in [4.78, 5) is 12.5. The van der Waals surface area contributed by atoms with Gasteiger partial charge in [-0.15, -0.1) is 0 Å². The van der Waals surface area contributed by atoms with Gasteiger partial charge in [-0.25, -0.2) is 14.5 Å². The first-order valence-electron chi connectivity index (χ1n) is 7.71. The number of aryl methyl sites for hydroxylation is 1. The molecular weight excluding hydrogens is 302 g/mol. The van der Waals surface area contributed by atoms with E-state index in [9.17, 15) is 4.79 Å². The fourth-order valence-electron chi connectivity index (χ4n) is 2.51.